The Morgan fingerprint density at radius 1 is 0.971 bits per heavy atom. The fourth-order valence-electron chi connectivity index (χ4n) is 4.08. The van der Waals surface area contributed by atoms with Crippen molar-refractivity contribution in [1.29, 1.82) is 0 Å². The number of hydrogen-bond acceptors (Lipinski definition) is 7. The summed E-state index contributed by atoms with van der Waals surface area (Å²) in [5.41, 5.74) is 0.701. The van der Waals surface area contributed by atoms with Crippen LogP contribution < -0.4 is 21.8 Å². The average Bonchev–Trinajstić information content (AvgIpc) is 3.19. The first-order valence-electron chi connectivity index (χ1n) is 10.9. The lowest BCUT2D eigenvalue weighted by molar-refractivity contribution is 0.313. The highest BCUT2D eigenvalue weighted by atomic mass is 35.5. The van der Waals surface area contributed by atoms with Gasteiger partial charge in [-0.15, -0.1) is 0 Å². The fraction of sp³-hybridized carbons (Fsp3) is 0.217. The molecule has 5 rings (SSSR count). The summed E-state index contributed by atoms with van der Waals surface area (Å²) >= 11 is 5.92. The van der Waals surface area contributed by atoms with Crippen molar-refractivity contribution in [1.82, 2.24) is 24.4 Å². The van der Waals surface area contributed by atoms with E-state index in [0.717, 1.165) is 36.4 Å². The summed E-state index contributed by atoms with van der Waals surface area (Å²) in [6, 6.07) is 9.77. The van der Waals surface area contributed by atoms with E-state index in [1.807, 2.05) is 13.1 Å². The smallest absolute Gasteiger partial charge is 0.335 e. The van der Waals surface area contributed by atoms with Crippen LogP contribution in [-0.2, 0) is 0 Å². The molecule has 3 heterocycles. The monoisotopic (exact) mass is 495 g/mol. The number of imidazole rings is 1. The molecule has 180 valence electrons. The lowest BCUT2D eigenvalue weighted by Gasteiger charge is -2.34. The minimum absolute atomic E-state index is 0.188. The molecular formula is C23H22ClN7O4. The quantitative estimate of drug-likeness (QED) is 0.316. The third kappa shape index (κ3) is 4.38. The molecule has 1 saturated heterocycles. The molecule has 1 aliphatic heterocycles. The van der Waals surface area contributed by atoms with Crippen molar-refractivity contribution in [3.63, 3.8) is 0 Å². The number of nitrogens with zero attached hydrogens (tertiary/aromatic N) is 4. The summed E-state index contributed by atoms with van der Waals surface area (Å²) in [5, 5.41) is 11.3. The summed E-state index contributed by atoms with van der Waals surface area (Å²) in [7, 11) is 2.05. The molecule has 0 spiro atoms. The van der Waals surface area contributed by atoms with Crippen LogP contribution in [-0.4, -0.2) is 69.0 Å². The predicted molar refractivity (Wildman–Crippen MR) is 135 cm³/mol. The number of aliphatic imine (C=N–C) groups is 1. The first kappa shape index (κ1) is 22.7. The van der Waals surface area contributed by atoms with Crippen molar-refractivity contribution in [2.45, 2.75) is 0 Å². The van der Waals surface area contributed by atoms with Crippen LogP contribution in [0.5, 0.6) is 5.88 Å². The van der Waals surface area contributed by atoms with Gasteiger partial charge >= 0.3 is 11.4 Å². The Balaban J connectivity index is 1.61. The summed E-state index contributed by atoms with van der Waals surface area (Å²) in [5.74, 6) is -0.554. The van der Waals surface area contributed by atoms with Gasteiger partial charge in [0.2, 0.25) is 5.88 Å². The van der Waals surface area contributed by atoms with Gasteiger partial charge in [-0.2, -0.15) is 0 Å². The zero-order valence-corrected chi connectivity index (χ0v) is 19.5. The Hall–Kier alpha value is -4.09. The molecule has 0 amide bonds. The predicted octanol–water partition coefficient (Wildman–Crippen LogP) is 1.56. The molecule has 35 heavy (non-hydrogen) atoms. The van der Waals surface area contributed by atoms with Crippen LogP contribution in [0, 0.1) is 0 Å². The normalized spacial score (nSPS) is 14.9. The zero-order chi connectivity index (χ0) is 24.7. The van der Waals surface area contributed by atoms with E-state index in [-0.39, 0.29) is 11.3 Å². The molecule has 12 heteroatoms. The third-order valence-corrected chi connectivity index (χ3v) is 6.25. The largest absolute Gasteiger partial charge is 0.493 e. The summed E-state index contributed by atoms with van der Waals surface area (Å²) in [6.45, 7) is 3.23. The van der Waals surface area contributed by atoms with Crippen molar-refractivity contribution in [3.05, 3.63) is 78.3 Å². The maximum Gasteiger partial charge on any atom is 0.335 e. The van der Waals surface area contributed by atoms with Gasteiger partial charge in [-0.1, -0.05) is 11.6 Å². The maximum atomic E-state index is 12.5. The molecule has 2 aromatic heterocycles. The number of aromatic amines is 3. The SMILES string of the molecule is CN1CCN(c2cc3[nH]c(=O)[nH]c3cc2N=Cc2c(O)n(-c3ccc(Cl)cc3)c(=O)[nH]c2=O)CC1. The van der Waals surface area contributed by atoms with E-state index >= 15 is 0 Å². The molecule has 4 aromatic rings. The Labute approximate surface area is 202 Å². The van der Waals surface area contributed by atoms with E-state index in [9.17, 15) is 19.5 Å². The molecular weight excluding hydrogens is 474 g/mol. The minimum atomic E-state index is -0.795. The molecule has 0 aliphatic carbocycles. The second-order valence-electron chi connectivity index (χ2n) is 8.32. The van der Waals surface area contributed by atoms with Gasteiger partial charge in [0.25, 0.3) is 5.56 Å². The number of piperazine rings is 1. The second kappa shape index (κ2) is 8.93. The minimum Gasteiger partial charge on any atom is -0.493 e. The van der Waals surface area contributed by atoms with Gasteiger partial charge in [-0.25, -0.2) is 14.2 Å². The van der Waals surface area contributed by atoms with Crippen molar-refractivity contribution in [2.75, 3.05) is 38.1 Å². The molecule has 2 aromatic carbocycles. The van der Waals surface area contributed by atoms with Gasteiger partial charge in [0, 0.05) is 37.4 Å². The van der Waals surface area contributed by atoms with Crippen molar-refractivity contribution in [3.8, 4) is 11.6 Å². The summed E-state index contributed by atoms with van der Waals surface area (Å²) < 4.78 is 0.966. The Morgan fingerprint density at radius 2 is 1.63 bits per heavy atom. The third-order valence-electron chi connectivity index (χ3n) is 5.99. The Kier molecular flexibility index (Phi) is 5.79. The number of halogens is 1. The molecule has 1 fully saturated rings. The molecule has 0 unspecified atom stereocenters. The Morgan fingerprint density at radius 3 is 2.31 bits per heavy atom. The molecule has 11 nitrogen and oxygen atoms in total. The van der Waals surface area contributed by atoms with Crippen LogP contribution in [0.15, 0.2) is 55.8 Å². The summed E-state index contributed by atoms with van der Waals surface area (Å²) in [6.07, 6.45) is 1.21. The van der Waals surface area contributed by atoms with E-state index in [0.29, 0.717) is 27.4 Å². The van der Waals surface area contributed by atoms with Gasteiger partial charge < -0.3 is 24.9 Å². The molecule has 0 saturated carbocycles. The summed E-state index contributed by atoms with van der Waals surface area (Å²) in [4.78, 5) is 53.4. The number of rotatable bonds is 4. The van der Waals surface area contributed by atoms with Crippen LogP contribution in [0.4, 0.5) is 11.4 Å². The molecule has 1 aliphatic rings. The number of aromatic nitrogens is 4. The first-order chi connectivity index (χ1) is 16.8. The van der Waals surface area contributed by atoms with Crippen LogP contribution in [0.3, 0.4) is 0 Å². The van der Waals surface area contributed by atoms with Crippen LogP contribution >= 0.6 is 11.6 Å². The number of anilines is 1. The average molecular weight is 496 g/mol. The first-order valence-corrected chi connectivity index (χ1v) is 11.3. The van der Waals surface area contributed by atoms with E-state index in [2.05, 4.69) is 29.7 Å². The van der Waals surface area contributed by atoms with Crippen LogP contribution in [0.1, 0.15) is 5.56 Å². The zero-order valence-electron chi connectivity index (χ0n) is 18.7. The number of fused-ring (bicyclic) bond motifs is 1. The number of nitrogens with one attached hydrogen (secondary N) is 3. The molecule has 0 radical (unpaired) electrons. The van der Waals surface area contributed by atoms with E-state index < -0.39 is 17.1 Å². The number of benzene rings is 2. The van der Waals surface area contributed by atoms with Crippen molar-refractivity contribution in [2.24, 2.45) is 4.99 Å². The van der Waals surface area contributed by atoms with E-state index in [4.69, 9.17) is 11.6 Å². The molecule has 4 N–H and O–H groups in total. The lowest BCUT2D eigenvalue weighted by atomic mass is 10.2. The molecule has 0 bridgehead atoms. The highest BCUT2D eigenvalue weighted by molar-refractivity contribution is 6.30. The number of hydrogen-bond donors (Lipinski definition) is 4. The lowest BCUT2D eigenvalue weighted by Crippen LogP contribution is -2.44. The second-order valence-corrected chi connectivity index (χ2v) is 8.76. The van der Waals surface area contributed by atoms with Gasteiger partial charge in [0.15, 0.2) is 0 Å². The number of H-pyrrole nitrogens is 3. The standard InChI is InChI=1S/C23H22ClN7O4/c1-29-6-8-30(9-7-29)19-11-17-16(26-22(34)27-17)10-18(19)25-12-15-20(32)28-23(35)31(21(15)33)14-4-2-13(24)3-5-14/h2-5,10-12,33H,6-9H2,1H3,(H2,26,27,34)(H,28,32,35). The highest BCUT2D eigenvalue weighted by Gasteiger charge is 2.19. The highest BCUT2D eigenvalue weighted by Crippen LogP contribution is 2.33. The van der Waals surface area contributed by atoms with Gasteiger partial charge in [-0.05, 0) is 43.4 Å². The van der Waals surface area contributed by atoms with Crippen molar-refractivity contribution < 1.29 is 5.11 Å². The van der Waals surface area contributed by atoms with E-state index in [1.54, 1.807) is 30.3 Å². The van der Waals surface area contributed by atoms with Gasteiger partial charge in [0.1, 0.15) is 5.56 Å². The number of likely N-dealkylation sites (N-methyl/N-ethyl adjacent to an activating group) is 1. The van der Waals surface area contributed by atoms with Gasteiger partial charge in [-0.3, -0.25) is 14.8 Å². The maximum absolute atomic E-state index is 12.5. The molecule has 0 atom stereocenters. The number of aromatic hydroxyl groups is 1. The van der Waals surface area contributed by atoms with Crippen LogP contribution in [0.2, 0.25) is 5.02 Å². The van der Waals surface area contributed by atoms with Crippen molar-refractivity contribution >= 4 is 40.2 Å². The van der Waals surface area contributed by atoms with E-state index in [1.165, 1.54) is 6.21 Å². The van der Waals surface area contributed by atoms with Gasteiger partial charge in [0.05, 0.1) is 28.1 Å². The Bertz CT molecular complexity index is 1610. The topological polar surface area (TPSA) is 143 Å². The fourth-order valence-corrected chi connectivity index (χ4v) is 4.21. The van der Waals surface area contributed by atoms with Crippen LogP contribution in [0.25, 0.3) is 16.7 Å².